The van der Waals surface area contributed by atoms with Crippen LogP contribution in [0, 0.1) is 0 Å². The van der Waals surface area contributed by atoms with E-state index in [-0.39, 0.29) is 35.2 Å². The third-order valence-electron chi connectivity index (χ3n) is 5.83. The molecule has 1 aliphatic carbocycles. The van der Waals surface area contributed by atoms with Crippen molar-refractivity contribution >= 4 is 35.3 Å². The number of carboxylic acids is 1. The molecule has 0 spiro atoms. The Balaban J connectivity index is 1.43. The average molecular weight is 495 g/mol. The summed E-state index contributed by atoms with van der Waals surface area (Å²) < 4.78 is 5.51. The number of fused-ring (bicyclic) bond motifs is 3. The minimum Gasteiger partial charge on any atom is -0.480 e. The van der Waals surface area contributed by atoms with Crippen molar-refractivity contribution in [2.24, 2.45) is 0 Å². The van der Waals surface area contributed by atoms with Gasteiger partial charge in [0.25, 0.3) is 5.91 Å². The second-order valence-corrected chi connectivity index (χ2v) is 8.43. The Hall–Kier alpha value is -3.88. The Morgan fingerprint density at radius 3 is 2.20 bits per heavy atom. The maximum absolute atomic E-state index is 12.6. The zero-order valence-corrected chi connectivity index (χ0v) is 19.3. The molecule has 0 bridgehead atoms. The van der Waals surface area contributed by atoms with E-state index in [0.717, 1.165) is 22.3 Å². The fraction of sp³-hybridized carbons (Fsp3) is 0.192. The topological polar surface area (TPSA) is 125 Å². The zero-order chi connectivity index (χ0) is 24.9. The number of carbonyl (C=O) groups excluding carboxylic acids is 2. The van der Waals surface area contributed by atoms with Gasteiger partial charge in [-0.25, -0.2) is 9.59 Å². The van der Waals surface area contributed by atoms with Crippen molar-refractivity contribution in [2.75, 3.05) is 18.5 Å². The summed E-state index contributed by atoms with van der Waals surface area (Å²) in [5.41, 5.74) is 4.61. The van der Waals surface area contributed by atoms with Crippen molar-refractivity contribution < 1.29 is 29.3 Å². The summed E-state index contributed by atoms with van der Waals surface area (Å²) in [6.07, 6.45) is -0.880. The van der Waals surface area contributed by atoms with E-state index >= 15 is 0 Å². The Bertz CT molecular complexity index is 1230. The quantitative estimate of drug-likeness (QED) is 0.370. The predicted molar refractivity (Wildman–Crippen MR) is 131 cm³/mol. The number of amides is 2. The van der Waals surface area contributed by atoms with Gasteiger partial charge in [-0.05, 0) is 40.5 Å². The first-order valence-corrected chi connectivity index (χ1v) is 11.3. The third-order valence-corrected chi connectivity index (χ3v) is 6.16. The molecule has 1 aliphatic rings. The van der Waals surface area contributed by atoms with Crippen LogP contribution in [-0.4, -0.2) is 47.4 Å². The van der Waals surface area contributed by atoms with Gasteiger partial charge in [0, 0.05) is 24.5 Å². The molecule has 0 radical (unpaired) electrons. The van der Waals surface area contributed by atoms with Crippen LogP contribution in [0.1, 0.15) is 33.8 Å². The lowest BCUT2D eigenvalue weighted by Crippen LogP contribution is -2.41. The fourth-order valence-electron chi connectivity index (χ4n) is 4.13. The minimum atomic E-state index is -1.27. The number of halogens is 1. The van der Waals surface area contributed by atoms with E-state index in [4.69, 9.17) is 26.6 Å². The number of ether oxygens (including phenoxy) is 1. The molecule has 8 nitrogen and oxygen atoms in total. The van der Waals surface area contributed by atoms with Crippen molar-refractivity contribution in [3.8, 4) is 11.1 Å². The molecule has 3 aromatic rings. The van der Waals surface area contributed by atoms with Crippen molar-refractivity contribution in [2.45, 2.75) is 18.4 Å². The highest BCUT2D eigenvalue weighted by Crippen LogP contribution is 2.44. The molecule has 0 aromatic heterocycles. The molecule has 4 N–H and O–H groups in total. The molecule has 0 fully saturated rings. The molecule has 2 amide bonds. The molecular formula is C26H23ClN2O6. The normalized spacial score (nSPS) is 12.9. The van der Waals surface area contributed by atoms with Crippen LogP contribution in [0.15, 0.2) is 66.7 Å². The van der Waals surface area contributed by atoms with E-state index in [1.165, 1.54) is 18.2 Å². The first kappa shape index (κ1) is 24.3. The number of carboxylic acid groups (broad SMARTS) is 1. The Kier molecular flexibility index (Phi) is 7.33. The van der Waals surface area contributed by atoms with Gasteiger partial charge >= 0.3 is 12.1 Å². The van der Waals surface area contributed by atoms with Crippen molar-refractivity contribution in [3.63, 3.8) is 0 Å². The largest absolute Gasteiger partial charge is 0.480 e. The summed E-state index contributed by atoms with van der Waals surface area (Å²) in [6.45, 7) is -0.286. The number of hydrogen-bond acceptors (Lipinski definition) is 5. The molecule has 180 valence electrons. The maximum atomic E-state index is 12.6. The number of aliphatic hydroxyl groups is 1. The second-order valence-electron chi connectivity index (χ2n) is 8.02. The number of carbonyl (C=O) groups is 3. The fourth-order valence-corrected chi connectivity index (χ4v) is 4.30. The standard InChI is InChI=1S/C26H23ClN2O6/c27-21-10-9-15(24(31)28-22(11-12-30)25(32)33)13-23(21)29-26(34)35-14-20-18-7-3-1-5-16(18)17-6-2-4-8-19(17)20/h1-10,13,20,22,30H,11-12,14H2,(H,28,31)(H,29,34)(H,32,33)/t22-/m0/s1. The van der Waals surface area contributed by atoms with Crippen LogP contribution >= 0.6 is 11.6 Å². The summed E-state index contributed by atoms with van der Waals surface area (Å²) in [6, 6.07) is 18.8. The molecule has 4 rings (SSSR count). The number of anilines is 1. The first-order chi connectivity index (χ1) is 16.9. The first-order valence-electron chi connectivity index (χ1n) is 10.9. The van der Waals surface area contributed by atoms with Gasteiger partial charge in [-0.1, -0.05) is 60.1 Å². The van der Waals surface area contributed by atoms with Crippen LogP contribution in [0.25, 0.3) is 11.1 Å². The minimum absolute atomic E-state index is 0.0903. The third kappa shape index (κ3) is 5.29. The van der Waals surface area contributed by atoms with Gasteiger partial charge in [0.15, 0.2) is 0 Å². The van der Waals surface area contributed by atoms with Gasteiger partial charge in [0.1, 0.15) is 12.6 Å². The number of aliphatic hydroxyl groups excluding tert-OH is 1. The molecule has 0 unspecified atom stereocenters. The highest BCUT2D eigenvalue weighted by molar-refractivity contribution is 6.33. The van der Waals surface area contributed by atoms with E-state index in [1.54, 1.807) is 0 Å². The zero-order valence-electron chi connectivity index (χ0n) is 18.5. The van der Waals surface area contributed by atoms with Crippen LogP contribution in [-0.2, 0) is 9.53 Å². The Morgan fingerprint density at radius 2 is 1.60 bits per heavy atom. The van der Waals surface area contributed by atoms with E-state index in [2.05, 4.69) is 10.6 Å². The van der Waals surface area contributed by atoms with Gasteiger partial charge in [-0.3, -0.25) is 10.1 Å². The summed E-state index contributed by atoms with van der Waals surface area (Å²) >= 11 is 6.18. The predicted octanol–water partition coefficient (Wildman–Crippen LogP) is 4.27. The summed E-state index contributed by atoms with van der Waals surface area (Å²) in [7, 11) is 0. The van der Waals surface area contributed by atoms with Gasteiger partial charge in [-0.15, -0.1) is 0 Å². The molecule has 0 saturated carbocycles. The van der Waals surface area contributed by atoms with Crippen LogP contribution in [0.5, 0.6) is 0 Å². The molecule has 35 heavy (non-hydrogen) atoms. The van der Waals surface area contributed by atoms with Crippen LogP contribution in [0.4, 0.5) is 10.5 Å². The van der Waals surface area contributed by atoms with Crippen LogP contribution in [0.3, 0.4) is 0 Å². The monoisotopic (exact) mass is 494 g/mol. The van der Waals surface area contributed by atoms with E-state index in [9.17, 15) is 14.4 Å². The highest BCUT2D eigenvalue weighted by atomic mass is 35.5. The van der Waals surface area contributed by atoms with Gasteiger partial charge in [-0.2, -0.15) is 0 Å². The number of hydrogen-bond donors (Lipinski definition) is 4. The Labute approximate surface area is 206 Å². The van der Waals surface area contributed by atoms with Crippen molar-refractivity contribution in [3.05, 3.63) is 88.4 Å². The number of rotatable bonds is 8. The average Bonchev–Trinajstić information content (AvgIpc) is 3.17. The number of nitrogens with one attached hydrogen (secondary N) is 2. The Morgan fingerprint density at radius 1 is 0.971 bits per heavy atom. The molecule has 9 heteroatoms. The van der Waals surface area contributed by atoms with E-state index < -0.39 is 30.6 Å². The highest BCUT2D eigenvalue weighted by Gasteiger charge is 2.29. The maximum Gasteiger partial charge on any atom is 0.411 e. The summed E-state index contributed by atoms with van der Waals surface area (Å²) in [4.78, 5) is 36.3. The molecular weight excluding hydrogens is 472 g/mol. The SMILES string of the molecule is O=C(Nc1cc(C(=O)N[C@@H](CCO)C(=O)O)ccc1Cl)OCC1c2ccccc2-c2ccccc21. The molecule has 0 aliphatic heterocycles. The van der Waals surface area contributed by atoms with Gasteiger partial charge in [0.05, 0.1) is 10.7 Å². The second kappa shape index (κ2) is 10.6. The van der Waals surface area contributed by atoms with Gasteiger partial charge < -0.3 is 20.3 Å². The number of benzene rings is 3. The lowest BCUT2D eigenvalue weighted by Gasteiger charge is -2.16. The summed E-state index contributed by atoms with van der Waals surface area (Å²) in [5.74, 6) is -2.06. The number of aliphatic carboxylic acids is 1. The van der Waals surface area contributed by atoms with Crippen LogP contribution in [0.2, 0.25) is 5.02 Å². The lowest BCUT2D eigenvalue weighted by atomic mass is 9.98. The smallest absolute Gasteiger partial charge is 0.411 e. The lowest BCUT2D eigenvalue weighted by molar-refractivity contribution is -0.139. The molecule has 1 atom stereocenters. The molecule has 3 aromatic carbocycles. The van der Waals surface area contributed by atoms with Crippen molar-refractivity contribution in [1.82, 2.24) is 5.32 Å². The van der Waals surface area contributed by atoms with E-state index in [0.29, 0.717) is 0 Å². The van der Waals surface area contributed by atoms with E-state index in [1.807, 2.05) is 48.5 Å². The van der Waals surface area contributed by atoms with Gasteiger partial charge in [0.2, 0.25) is 0 Å². The van der Waals surface area contributed by atoms with Crippen molar-refractivity contribution in [1.29, 1.82) is 0 Å². The molecule has 0 saturated heterocycles. The molecule has 0 heterocycles. The van der Waals surface area contributed by atoms with Crippen LogP contribution < -0.4 is 10.6 Å². The summed E-state index contributed by atoms with van der Waals surface area (Å²) in [5, 5.41) is 23.2.